The first kappa shape index (κ1) is 34.1. The van der Waals surface area contributed by atoms with Crippen molar-refractivity contribution in [3.8, 4) is 33.4 Å². The zero-order valence-corrected chi connectivity index (χ0v) is 34.7. The molecule has 8 aromatic carbocycles. The van der Waals surface area contributed by atoms with E-state index in [4.69, 9.17) is 0 Å². The molecule has 0 aliphatic heterocycles. The average molecular weight is 809 g/mol. The molecule has 0 N–H and O–H groups in total. The van der Waals surface area contributed by atoms with E-state index >= 15 is 0 Å². The highest BCUT2D eigenvalue weighted by Crippen LogP contribution is 2.60. The third-order valence-electron chi connectivity index (χ3n) is 14.1. The van der Waals surface area contributed by atoms with Crippen LogP contribution in [0.5, 0.6) is 0 Å². The molecule has 0 saturated carbocycles. The van der Waals surface area contributed by atoms with Gasteiger partial charge in [0, 0.05) is 44.2 Å². The van der Waals surface area contributed by atoms with Gasteiger partial charge in [-0.3, -0.25) is 0 Å². The predicted octanol–water partition coefficient (Wildman–Crippen LogP) is 15.2. The summed E-state index contributed by atoms with van der Waals surface area (Å²) in [5.74, 6) is 0.416. The Labute approximate surface area is 349 Å². The number of anilines is 3. The third-order valence-corrected chi connectivity index (χ3v) is 14.8. The van der Waals surface area contributed by atoms with Gasteiger partial charge >= 0.3 is 0 Å². The summed E-state index contributed by atoms with van der Waals surface area (Å²) in [7, 11) is 0. The van der Waals surface area contributed by atoms with E-state index in [2.05, 4.69) is 218 Å². The molecule has 1 nitrogen and oxygen atoms in total. The Hall–Kier alpha value is -5.96. The second kappa shape index (κ2) is 12.0. The molecule has 0 unspecified atom stereocenters. The fourth-order valence-electron chi connectivity index (χ4n) is 11.4. The number of fused-ring (bicyclic) bond motifs is 6. The molecule has 0 amide bonds. The Balaban J connectivity index is 0.975. The van der Waals surface area contributed by atoms with Crippen LogP contribution in [0.15, 0.2) is 174 Å². The lowest BCUT2D eigenvalue weighted by molar-refractivity contribution is 0.660. The third kappa shape index (κ3) is 4.53. The largest absolute Gasteiger partial charge is 0.310 e. The fraction of sp³-hybridized carbons (Fsp3) is 0.143. The van der Waals surface area contributed by atoms with Crippen molar-refractivity contribution in [1.29, 1.82) is 0 Å². The number of hydrogen-bond donors (Lipinski definition) is 0. The van der Waals surface area contributed by atoms with Crippen LogP contribution >= 0.6 is 15.9 Å². The van der Waals surface area contributed by atoms with Crippen LogP contribution in [0.4, 0.5) is 17.1 Å². The highest BCUT2D eigenvalue weighted by Gasteiger charge is 2.44. The average Bonchev–Trinajstić information content (AvgIpc) is 3.62. The van der Waals surface area contributed by atoms with Crippen molar-refractivity contribution in [1.82, 2.24) is 0 Å². The lowest BCUT2D eigenvalue weighted by atomic mass is 9.60. The summed E-state index contributed by atoms with van der Waals surface area (Å²) in [5, 5.41) is 0. The van der Waals surface area contributed by atoms with E-state index in [-0.39, 0.29) is 22.7 Å². The van der Waals surface area contributed by atoms with E-state index in [9.17, 15) is 0 Å². The topological polar surface area (TPSA) is 3.24 Å². The van der Waals surface area contributed by atoms with E-state index in [0.717, 1.165) is 5.69 Å². The Kier molecular flexibility index (Phi) is 7.08. The first-order valence-corrected chi connectivity index (χ1v) is 21.4. The normalized spacial score (nSPS) is 17.7. The minimum Gasteiger partial charge on any atom is -0.310 e. The number of nitrogens with zero attached hydrogens (tertiary/aromatic N) is 1. The smallest absolute Gasteiger partial charge is 0.0465 e. The van der Waals surface area contributed by atoms with Gasteiger partial charge in [0.25, 0.3) is 0 Å². The van der Waals surface area contributed by atoms with E-state index < -0.39 is 0 Å². The molecule has 0 atom stereocenters. The molecular formula is C56H42BrN. The molecule has 0 radical (unpaired) electrons. The second-order valence-corrected chi connectivity index (χ2v) is 18.6. The van der Waals surface area contributed by atoms with Crippen LogP contribution in [-0.4, -0.2) is 0 Å². The van der Waals surface area contributed by atoms with Crippen molar-refractivity contribution in [2.24, 2.45) is 0 Å². The number of hydrogen-bond acceptors (Lipinski definition) is 1. The zero-order valence-electron chi connectivity index (χ0n) is 33.1. The highest BCUT2D eigenvalue weighted by atomic mass is 79.9. The van der Waals surface area contributed by atoms with Crippen molar-refractivity contribution in [2.45, 2.75) is 50.4 Å². The Morgan fingerprint density at radius 1 is 0.379 bits per heavy atom. The maximum atomic E-state index is 4.06. The Bertz CT molecular complexity index is 2990. The van der Waals surface area contributed by atoms with Gasteiger partial charge in [-0.05, 0) is 138 Å². The molecule has 0 heterocycles. The summed E-state index contributed by atoms with van der Waals surface area (Å²) >= 11 is 4.06. The molecule has 0 aromatic heterocycles. The summed E-state index contributed by atoms with van der Waals surface area (Å²) < 4.78 is 1.20. The Morgan fingerprint density at radius 3 is 1.43 bits per heavy atom. The number of halogens is 1. The van der Waals surface area contributed by atoms with Crippen LogP contribution < -0.4 is 4.90 Å². The summed E-state index contributed by atoms with van der Waals surface area (Å²) in [4.78, 5) is 2.45. The first-order valence-electron chi connectivity index (χ1n) is 20.6. The molecule has 2 bridgehead atoms. The molecule has 58 heavy (non-hydrogen) atoms. The van der Waals surface area contributed by atoms with Gasteiger partial charge in [0.2, 0.25) is 0 Å². The van der Waals surface area contributed by atoms with Crippen LogP contribution in [0.1, 0.15) is 95.2 Å². The molecule has 5 aliphatic carbocycles. The van der Waals surface area contributed by atoms with Gasteiger partial charge < -0.3 is 4.90 Å². The van der Waals surface area contributed by atoms with Gasteiger partial charge in [-0.2, -0.15) is 0 Å². The van der Waals surface area contributed by atoms with E-state index in [1.807, 2.05) is 0 Å². The van der Waals surface area contributed by atoms with Gasteiger partial charge in [-0.1, -0.05) is 165 Å². The van der Waals surface area contributed by atoms with Crippen molar-refractivity contribution in [3.63, 3.8) is 0 Å². The van der Waals surface area contributed by atoms with E-state index in [1.165, 1.54) is 105 Å². The first-order chi connectivity index (χ1) is 28.2. The van der Waals surface area contributed by atoms with Gasteiger partial charge in [0.05, 0.1) is 0 Å². The van der Waals surface area contributed by atoms with Crippen molar-refractivity contribution in [2.75, 3.05) is 4.90 Å². The van der Waals surface area contributed by atoms with Crippen LogP contribution in [0.25, 0.3) is 33.4 Å². The molecule has 8 aromatic rings. The highest BCUT2D eigenvalue weighted by molar-refractivity contribution is 9.10. The maximum Gasteiger partial charge on any atom is 0.0465 e. The molecule has 0 spiro atoms. The molecule has 0 fully saturated rings. The fourth-order valence-corrected chi connectivity index (χ4v) is 12.0. The monoisotopic (exact) mass is 807 g/mol. The quantitative estimate of drug-likeness (QED) is 0.171. The van der Waals surface area contributed by atoms with Gasteiger partial charge in [-0.25, -0.2) is 0 Å². The second-order valence-electron chi connectivity index (χ2n) is 17.7. The van der Waals surface area contributed by atoms with Crippen LogP contribution in [-0.2, 0) is 10.8 Å². The summed E-state index contributed by atoms with van der Waals surface area (Å²) in [6, 6.07) is 64.2. The summed E-state index contributed by atoms with van der Waals surface area (Å²) in [6.45, 7) is 9.56. The lowest BCUT2D eigenvalue weighted by Gasteiger charge is -2.43. The SMILES string of the molecule is CC1(C)c2ccccc2-c2ccc(N(c3ccccc3)c3ccc4c(c3)C(C)(C)c3cc(-c5ccc(Br)c6c5C5c7ccccc7C6c6ccccc65)ccc3-4)cc21. The molecular weight excluding hydrogens is 767 g/mol. The van der Waals surface area contributed by atoms with Crippen molar-refractivity contribution >= 4 is 33.0 Å². The van der Waals surface area contributed by atoms with Crippen LogP contribution in [0.3, 0.4) is 0 Å². The van der Waals surface area contributed by atoms with Gasteiger partial charge in [0.15, 0.2) is 0 Å². The molecule has 2 heteroatoms. The minimum absolute atomic E-state index is 0.0794. The minimum atomic E-state index is -0.200. The maximum absolute atomic E-state index is 4.06. The Morgan fingerprint density at radius 2 is 0.828 bits per heavy atom. The number of para-hydroxylation sites is 1. The van der Waals surface area contributed by atoms with Gasteiger partial charge in [-0.15, -0.1) is 0 Å². The van der Waals surface area contributed by atoms with Crippen LogP contribution in [0, 0.1) is 0 Å². The standard InChI is InChI=1S/C56H42BrN/c1-55(2)46-21-13-12-16-38(46)40-26-23-35(31-48(40)55)58(34-14-6-5-7-15-34)36-24-27-41-39-25-22-33(30-47(39)56(3,4)49(41)32-36)37-28-29-50(57)54-52-44-19-10-8-17-42(44)51(53(37)54)43-18-9-11-20-45(43)52/h5-32,51-52H,1-4H3. The molecule has 5 aliphatic rings. The predicted molar refractivity (Wildman–Crippen MR) is 244 cm³/mol. The van der Waals surface area contributed by atoms with Crippen molar-refractivity contribution < 1.29 is 0 Å². The lowest BCUT2D eigenvalue weighted by Crippen LogP contribution is -2.28. The van der Waals surface area contributed by atoms with Gasteiger partial charge in [0.1, 0.15) is 0 Å². The molecule has 278 valence electrons. The van der Waals surface area contributed by atoms with E-state index in [1.54, 1.807) is 0 Å². The van der Waals surface area contributed by atoms with E-state index in [0.29, 0.717) is 0 Å². The number of benzene rings is 8. The summed E-state index contributed by atoms with van der Waals surface area (Å²) in [6.07, 6.45) is 0. The molecule has 0 saturated heterocycles. The summed E-state index contributed by atoms with van der Waals surface area (Å²) in [5.41, 5.74) is 25.4. The van der Waals surface area contributed by atoms with Crippen LogP contribution in [0.2, 0.25) is 0 Å². The molecule has 13 rings (SSSR count). The van der Waals surface area contributed by atoms with Crippen molar-refractivity contribution in [3.05, 3.63) is 230 Å². The number of rotatable bonds is 4. The zero-order chi connectivity index (χ0) is 39.1.